The largest absolute Gasteiger partial charge is 0.466 e. The minimum atomic E-state index is -1.23. The number of ether oxygens (including phenoxy) is 2. The molecular formula is C39H50N4O8S2. The molecule has 1 saturated heterocycles. The zero-order valence-electron chi connectivity index (χ0n) is 30.4. The Morgan fingerprint density at radius 3 is 2.21 bits per heavy atom. The van der Waals surface area contributed by atoms with Crippen LogP contribution >= 0.6 is 27.0 Å². The third-order valence-electron chi connectivity index (χ3n) is 9.89. The van der Waals surface area contributed by atoms with Crippen molar-refractivity contribution in [1.82, 2.24) is 20.1 Å². The Hall–Kier alpha value is -4.56. The lowest BCUT2D eigenvalue weighted by Crippen LogP contribution is -2.54. The van der Waals surface area contributed by atoms with E-state index in [-0.39, 0.29) is 76.1 Å². The lowest BCUT2D eigenvalue weighted by atomic mass is 9.62. The van der Waals surface area contributed by atoms with Crippen molar-refractivity contribution in [3.63, 3.8) is 0 Å². The maximum Gasteiger partial charge on any atom is 0.328 e. The monoisotopic (exact) mass is 766 g/mol. The highest BCUT2D eigenvalue weighted by atomic mass is 32.1. The Morgan fingerprint density at radius 1 is 0.868 bits per heavy atom. The fourth-order valence-electron chi connectivity index (χ4n) is 7.25. The van der Waals surface area contributed by atoms with Gasteiger partial charge in [-0.15, -0.1) is 0 Å². The number of hydrogen-bond acceptors (Lipinski definition) is 8. The van der Waals surface area contributed by atoms with Crippen LogP contribution in [0.4, 0.5) is 0 Å². The smallest absolute Gasteiger partial charge is 0.328 e. The van der Waals surface area contributed by atoms with Crippen LogP contribution in [0.5, 0.6) is 0 Å². The molecule has 53 heavy (non-hydrogen) atoms. The summed E-state index contributed by atoms with van der Waals surface area (Å²) < 4.78 is 11.7. The number of likely N-dealkylation sites (tertiary alicyclic amines) is 1. The van der Waals surface area contributed by atoms with Gasteiger partial charge in [-0.25, -0.2) is 4.79 Å². The van der Waals surface area contributed by atoms with Gasteiger partial charge in [0.15, 0.2) is 0 Å². The van der Waals surface area contributed by atoms with Crippen LogP contribution in [0.15, 0.2) is 77.7 Å². The van der Waals surface area contributed by atoms with Crippen molar-refractivity contribution < 1.29 is 33.4 Å². The Labute approximate surface area is 323 Å². The van der Waals surface area contributed by atoms with Gasteiger partial charge >= 0.3 is 11.9 Å². The van der Waals surface area contributed by atoms with Gasteiger partial charge in [0, 0.05) is 38.8 Å². The molecule has 1 aromatic heterocycles. The van der Waals surface area contributed by atoms with E-state index in [1.807, 2.05) is 59.5 Å². The number of nitrogens with zero attached hydrogens (tertiary/aromatic N) is 2. The lowest BCUT2D eigenvalue weighted by molar-refractivity contribution is -0.149. The third-order valence-corrected chi connectivity index (χ3v) is 9.89. The number of nitrogens with one attached hydrogen (secondary N) is 2. The SMILES string of the molecule is CCOC(=O)CC[C@H](NC(=O)[C@@]1(c2ccccc2)CC[C@H](C(=O)N2CCC(NC(=O)c3cccn(C)c3=O)CC2)c2ccccc21)C(=O)OCC.S.S. The Bertz CT molecular complexity index is 1810. The molecule has 1 aliphatic carbocycles. The molecule has 0 unspecified atom stereocenters. The Kier molecular flexibility index (Phi) is 15.8. The lowest BCUT2D eigenvalue weighted by Gasteiger charge is -2.43. The number of benzene rings is 2. The van der Waals surface area contributed by atoms with Gasteiger partial charge in [-0.2, -0.15) is 27.0 Å². The fourth-order valence-corrected chi connectivity index (χ4v) is 7.25. The minimum absolute atomic E-state index is 0. The van der Waals surface area contributed by atoms with Crippen LogP contribution in [-0.4, -0.2) is 77.5 Å². The average Bonchev–Trinajstić information content (AvgIpc) is 3.14. The fraction of sp³-hybridized carbons (Fsp3) is 0.436. The molecule has 14 heteroatoms. The maximum absolute atomic E-state index is 14.6. The van der Waals surface area contributed by atoms with Crippen molar-refractivity contribution in [1.29, 1.82) is 0 Å². The molecule has 3 atom stereocenters. The van der Waals surface area contributed by atoms with Crippen molar-refractivity contribution in [2.45, 2.75) is 75.8 Å². The van der Waals surface area contributed by atoms with E-state index in [0.717, 1.165) is 11.1 Å². The highest BCUT2D eigenvalue weighted by molar-refractivity contribution is 7.59. The highest BCUT2D eigenvalue weighted by Gasteiger charge is 2.49. The first kappa shape index (κ1) is 42.8. The van der Waals surface area contributed by atoms with Crippen molar-refractivity contribution in [3.8, 4) is 0 Å². The van der Waals surface area contributed by atoms with Gasteiger partial charge in [-0.3, -0.25) is 24.0 Å². The molecule has 5 rings (SSSR count). The molecule has 2 aliphatic rings. The summed E-state index contributed by atoms with van der Waals surface area (Å²) in [5, 5.41) is 5.88. The predicted molar refractivity (Wildman–Crippen MR) is 210 cm³/mol. The molecule has 1 aliphatic heterocycles. The van der Waals surface area contributed by atoms with Gasteiger partial charge in [-0.05, 0) is 74.8 Å². The van der Waals surface area contributed by atoms with Crippen LogP contribution < -0.4 is 16.2 Å². The van der Waals surface area contributed by atoms with E-state index in [1.165, 1.54) is 10.6 Å². The third kappa shape index (κ3) is 9.52. The second kappa shape index (κ2) is 19.5. The van der Waals surface area contributed by atoms with E-state index in [2.05, 4.69) is 10.6 Å². The second-order valence-electron chi connectivity index (χ2n) is 13.0. The number of aromatic nitrogens is 1. The van der Waals surface area contributed by atoms with E-state index in [4.69, 9.17) is 9.47 Å². The normalized spacial score (nSPS) is 18.5. The molecule has 1 fully saturated rings. The number of amides is 3. The number of pyridine rings is 1. The summed E-state index contributed by atoms with van der Waals surface area (Å²) in [6, 6.07) is 18.7. The number of fused-ring (bicyclic) bond motifs is 1. The number of carbonyl (C=O) groups is 5. The number of aryl methyl sites for hydroxylation is 1. The first-order valence-electron chi connectivity index (χ1n) is 17.6. The highest BCUT2D eigenvalue weighted by Crippen LogP contribution is 2.48. The summed E-state index contributed by atoms with van der Waals surface area (Å²) in [4.78, 5) is 81.2. The minimum Gasteiger partial charge on any atom is -0.466 e. The molecule has 0 spiro atoms. The van der Waals surface area contributed by atoms with Gasteiger partial charge < -0.3 is 29.6 Å². The summed E-state index contributed by atoms with van der Waals surface area (Å²) in [7, 11) is 1.60. The topological polar surface area (TPSA) is 153 Å². The number of rotatable bonds is 12. The van der Waals surface area contributed by atoms with Crippen LogP contribution in [0.3, 0.4) is 0 Å². The van der Waals surface area contributed by atoms with E-state index in [0.29, 0.717) is 44.3 Å². The van der Waals surface area contributed by atoms with Gasteiger partial charge in [0.25, 0.3) is 11.5 Å². The first-order chi connectivity index (χ1) is 24.6. The summed E-state index contributed by atoms with van der Waals surface area (Å²) in [6.45, 7) is 4.55. The van der Waals surface area contributed by atoms with Crippen LogP contribution in [0, 0.1) is 0 Å². The molecule has 0 saturated carbocycles. The summed E-state index contributed by atoms with van der Waals surface area (Å²) in [6.07, 6.45) is 3.27. The molecule has 0 bridgehead atoms. The summed E-state index contributed by atoms with van der Waals surface area (Å²) in [5.74, 6) is -2.51. The molecule has 2 N–H and O–H groups in total. The molecule has 286 valence electrons. The number of piperidine rings is 1. The van der Waals surface area contributed by atoms with Crippen LogP contribution in [0.1, 0.15) is 85.3 Å². The van der Waals surface area contributed by atoms with Gasteiger partial charge in [0.1, 0.15) is 11.6 Å². The van der Waals surface area contributed by atoms with E-state index < -0.39 is 41.1 Å². The van der Waals surface area contributed by atoms with E-state index >= 15 is 0 Å². The zero-order valence-corrected chi connectivity index (χ0v) is 32.4. The molecule has 0 radical (unpaired) electrons. The average molecular weight is 767 g/mol. The Morgan fingerprint density at radius 2 is 1.53 bits per heavy atom. The number of hydrogen-bond donors (Lipinski definition) is 2. The van der Waals surface area contributed by atoms with Crippen LogP contribution in [0.2, 0.25) is 0 Å². The first-order valence-corrected chi connectivity index (χ1v) is 17.6. The van der Waals surface area contributed by atoms with Crippen LogP contribution in [0.25, 0.3) is 0 Å². The zero-order chi connectivity index (χ0) is 36.5. The Balaban J connectivity index is 0.00000378. The standard InChI is InChI=1S/C39H46N4O8.2H2S/c1-4-50-33(44)18-17-32(37(48)51-5-2)41-38(49)39(26-12-7-6-8-13-26)22-19-29(28-14-9-10-16-31(28)39)36(47)43-24-20-27(21-25-43)40-34(45)30-15-11-23-42(3)35(30)46;;/h6-16,23,27,29,32H,4-5,17-22,24-25H2,1-3H3,(H,40,45)(H,41,49);2*1H2/t29-,32-,39+;;/m0../s1. The summed E-state index contributed by atoms with van der Waals surface area (Å²) in [5.41, 5.74) is 0.622. The van der Waals surface area contributed by atoms with Crippen molar-refractivity contribution in [2.75, 3.05) is 26.3 Å². The van der Waals surface area contributed by atoms with E-state index in [9.17, 15) is 28.8 Å². The molecule has 2 aromatic carbocycles. The van der Waals surface area contributed by atoms with Crippen molar-refractivity contribution in [3.05, 3.63) is 106 Å². The quantitative estimate of drug-likeness (QED) is 0.266. The molecule has 3 amide bonds. The maximum atomic E-state index is 14.6. The van der Waals surface area contributed by atoms with Gasteiger partial charge in [0.2, 0.25) is 11.8 Å². The molecule has 12 nitrogen and oxygen atoms in total. The van der Waals surface area contributed by atoms with Crippen molar-refractivity contribution in [2.24, 2.45) is 7.05 Å². The predicted octanol–water partition coefficient (Wildman–Crippen LogP) is 3.59. The second-order valence-corrected chi connectivity index (χ2v) is 13.0. The van der Waals surface area contributed by atoms with Crippen molar-refractivity contribution >= 4 is 56.7 Å². The van der Waals surface area contributed by atoms with Gasteiger partial charge in [0.05, 0.1) is 24.5 Å². The van der Waals surface area contributed by atoms with Crippen LogP contribution in [-0.2, 0) is 41.1 Å². The molecule has 3 aromatic rings. The number of carbonyl (C=O) groups excluding carboxylic acids is 5. The summed E-state index contributed by atoms with van der Waals surface area (Å²) >= 11 is 0. The number of esters is 2. The van der Waals surface area contributed by atoms with Gasteiger partial charge in [-0.1, -0.05) is 54.6 Å². The molecule has 2 heterocycles. The van der Waals surface area contributed by atoms with E-state index in [1.54, 1.807) is 33.2 Å². The molecular weight excluding hydrogens is 717 g/mol.